The van der Waals surface area contributed by atoms with Crippen molar-refractivity contribution in [2.45, 2.75) is 51.4 Å². The van der Waals surface area contributed by atoms with E-state index in [-0.39, 0.29) is 18.9 Å². The maximum Gasteiger partial charge on any atom is 1.00 e. The summed E-state index contributed by atoms with van der Waals surface area (Å²) in [5.74, 6) is -0.530. The second kappa shape index (κ2) is 7.87. The van der Waals surface area contributed by atoms with E-state index in [9.17, 15) is 9.90 Å². The minimum absolute atomic E-state index is 0. The van der Waals surface area contributed by atoms with Gasteiger partial charge in [-0.05, 0) is 23.5 Å². The Bertz CT molecular complexity index is 510. The van der Waals surface area contributed by atoms with Crippen LogP contribution in [0.5, 0.6) is 0 Å². The maximum absolute atomic E-state index is 11.8. The van der Waals surface area contributed by atoms with Crippen LogP contribution in [0.2, 0.25) is 0 Å². The molecule has 2 unspecified atom stereocenters. The van der Waals surface area contributed by atoms with Crippen LogP contribution in [-0.2, 0) is 10.2 Å². The van der Waals surface area contributed by atoms with Crippen LogP contribution in [0.25, 0.3) is 6.08 Å². The molecule has 0 aromatic heterocycles. The second-order valence-corrected chi connectivity index (χ2v) is 5.80. The fourth-order valence-electron chi connectivity index (χ4n) is 3.21. The molecule has 0 N–H and O–H groups in total. The van der Waals surface area contributed by atoms with Gasteiger partial charge < -0.3 is 9.90 Å². The average Bonchev–Trinajstić information content (AvgIpc) is 2.84. The zero-order valence-corrected chi connectivity index (χ0v) is 13.4. The first-order valence-corrected chi connectivity index (χ1v) is 7.64. The number of carbonyl (C=O) groups excluding carboxylic acids is 1. The summed E-state index contributed by atoms with van der Waals surface area (Å²) in [5, 5.41) is 11.8. The summed E-state index contributed by atoms with van der Waals surface area (Å²) in [6.07, 6.45) is 8.84. The molecular weight excluding hydrogens is 255 g/mol. The average molecular weight is 278 g/mol. The molecule has 1 aliphatic carbocycles. The molecule has 2 atom stereocenters. The number of carboxylic acids is 1. The Kier molecular flexibility index (Phi) is 6.78. The molecule has 3 heteroatoms. The summed E-state index contributed by atoms with van der Waals surface area (Å²) in [4.78, 5) is 11.8. The van der Waals surface area contributed by atoms with Gasteiger partial charge in [0.05, 0.1) is 11.4 Å². The van der Waals surface area contributed by atoms with E-state index in [0.717, 1.165) is 36.8 Å². The van der Waals surface area contributed by atoms with E-state index in [1.54, 1.807) is 0 Å². The molecule has 21 heavy (non-hydrogen) atoms. The molecule has 0 amide bonds. The Morgan fingerprint density at radius 1 is 1.29 bits per heavy atom. The molecule has 0 aliphatic heterocycles. The molecular formula is C18H23LiO2. The number of benzene rings is 1. The van der Waals surface area contributed by atoms with Crippen LogP contribution in [0.15, 0.2) is 30.3 Å². The second-order valence-electron chi connectivity index (χ2n) is 5.80. The standard InChI is InChI=1S/C18H24O2.Li/c1-3-5-8-14(4-2)13-18(17(19)20)12-11-15-9-6-7-10-16(15)18;/h6-7,9-12,14H,3-5,8,13H2,1-2H3,(H,19,20);/q;+1/p-1. The van der Waals surface area contributed by atoms with Crippen LogP contribution in [0, 0.1) is 5.92 Å². The van der Waals surface area contributed by atoms with Gasteiger partial charge >= 0.3 is 18.9 Å². The van der Waals surface area contributed by atoms with E-state index in [0.29, 0.717) is 12.3 Å². The van der Waals surface area contributed by atoms with Crippen molar-refractivity contribution < 1.29 is 28.8 Å². The predicted octanol–water partition coefficient (Wildman–Crippen LogP) is 0.312. The largest absolute Gasteiger partial charge is 1.00 e. The molecule has 0 bridgehead atoms. The van der Waals surface area contributed by atoms with Crippen LogP contribution < -0.4 is 24.0 Å². The normalized spacial score (nSPS) is 20.7. The minimum Gasteiger partial charge on any atom is -0.549 e. The van der Waals surface area contributed by atoms with E-state index in [1.807, 2.05) is 36.4 Å². The predicted molar refractivity (Wildman–Crippen MR) is 80.1 cm³/mol. The monoisotopic (exact) mass is 278 g/mol. The Hall–Kier alpha value is -0.973. The van der Waals surface area contributed by atoms with Gasteiger partial charge in [0.15, 0.2) is 0 Å². The minimum atomic E-state index is -0.964. The third-order valence-electron chi connectivity index (χ3n) is 4.51. The zero-order chi connectivity index (χ0) is 14.6. The molecule has 1 aromatic carbocycles. The molecule has 0 saturated heterocycles. The number of hydrogen-bond acceptors (Lipinski definition) is 2. The van der Waals surface area contributed by atoms with E-state index in [2.05, 4.69) is 13.8 Å². The third-order valence-corrected chi connectivity index (χ3v) is 4.51. The van der Waals surface area contributed by atoms with Gasteiger partial charge in [0, 0.05) is 0 Å². The topological polar surface area (TPSA) is 40.1 Å². The van der Waals surface area contributed by atoms with Crippen LogP contribution in [-0.4, -0.2) is 5.97 Å². The molecule has 0 fully saturated rings. The maximum atomic E-state index is 11.8. The van der Waals surface area contributed by atoms with E-state index in [1.165, 1.54) is 0 Å². The summed E-state index contributed by atoms with van der Waals surface area (Å²) < 4.78 is 0. The number of rotatable bonds is 7. The van der Waals surface area contributed by atoms with Gasteiger partial charge in [-0.1, -0.05) is 75.9 Å². The van der Waals surface area contributed by atoms with Gasteiger partial charge in [0.25, 0.3) is 0 Å². The molecule has 2 rings (SSSR count). The first-order chi connectivity index (χ1) is 9.64. The fourth-order valence-corrected chi connectivity index (χ4v) is 3.21. The Morgan fingerprint density at radius 3 is 2.62 bits per heavy atom. The summed E-state index contributed by atoms with van der Waals surface area (Å²) >= 11 is 0. The van der Waals surface area contributed by atoms with E-state index < -0.39 is 11.4 Å². The number of carbonyl (C=O) groups is 1. The first kappa shape index (κ1) is 18.1. The fraction of sp³-hybridized carbons (Fsp3) is 0.500. The van der Waals surface area contributed by atoms with Crippen LogP contribution in [0.1, 0.15) is 57.1 Å². The van der Waals surface area contributed by atoms with Crippen molar-refractivity contribution in [2.75, 3.05) is 0 Å². The van der Waals surface area contributed by atoms with Crippen LogP contribution in [0.4, 0.5) is 0 Å². The van der Waals surface area contributed by atoms with Crippen molar-refractivity contribution >= 4 is 12.0 Å². The van der Waals surface area contributed by atoms with Gasteiger partial charge in [-0.15, -0.1) is 0 Å². The Labute approximate surface area is 139 Å². The SMILES string of the molecule is CCCCC(CC)CC1(C(=O)[O-])C=Cc2ccccc21.[Li+]. The molecule has 0 saturated carbocycles. The smallest absolute Gasteiger partial charge is 0.549 e. The third kappa shape index (κ3) is 3.62. The van der Waals surface area contributed by atoms with E-state index in [4.69, 9.17) is 0 Å². The number of aliphatic carboxylic acids is 1. The van der Waals surface area contributed by atoms with Gasteiger partial charge in [-0.3, -0.25) is 0 Å². The van der Waals surface area contributed by atoms with E-state index >= 15 is 0 Å². The summed E-state index contributed by atoms with van der Waals surface area (Å²) in [5.41, 5.74) is 0.988. The van der Waals surface area contributed by atoms with Gasteiger partial charge in [-0.25, -0.2) is 0 Å². The van der Waals surface area contributed by atoms with Crippen LogP contribution in [0.3, 0.4) is 0 Å². The number of hydrogen-bond donors (Lipinski definition) is 0. The molecule has 0 spiro atoms. The van der Waals surface area contributed by atoms with Crippen molar-refractivity contribution in [1.29, 1.82) is 0 Å². The Balaban J connectivity index is 0.00000220. The van der Waals surface area contributed by atoms with Crippen LogP contribution >= 0.6 is 0 Å². The first-order valence-electron chi connectivity index (χ1n) is 7.64. The number of fused-ring (bicyclic) bond motifs is 1. The summed E-state index contributed by atoms with van der Waals surface area (Å²) in [7, 11) is 0. The molecule has 1 aliphatic rings. The quantitative estimate of drug-likeness (QED) is 0.674. The molecule has 1 aromatic rings. The van der Waals surface area contributed by atoms with Crippen molar-refractivity contribution in [1.82, 2.24) is 0 Å². The number of unbranched alkanes of at least 4 members (excludes halogenated alkanes) is 1. The van der Waals surface area contributed by atoms with Gasteiger partial charge in [0.2, 0.25) is 0 Å². The Morgan fingerprint density at radius 2 is 2.00 bits per heavy atom. The number of carboxylic acid groups (broad SMARTS) is 1. The van der Waals surface area contributed by atoms with Gasteiger partial charge in [0.1, 0.15) is 0 Å². The zero-order valence-electron chi connectivity index (χ0n) is 13.4. The van der Waals surface area contributed by atoms with Crippen molar-refractivity contribution in [2.24, 2.45) is 5.92 Å². The van der Waals surface area contributed by atoms with Crippen molar-refractivity contribution in [3.05, 3.63) is 41.5 Å². The summed E-state index contributed by atoms with van der Waals surface area (Å²) in [6, 6.07) is 7.76. The molecule has 2 nitrogen and oxygen atoms in total. The summed E-state index contributed by atoms with van der Waals surface area (Å²) in [6.45, 7) is 4.32. The molecule has 0 radical (unpaired) electrons. The van der Waals surface area contributed by atoms with Gasteiger partial charge in [-0.2, -0.15) is 0 Å². The van der Waals surface area contributed by atoms with Crippen molar-refractivity contribution in [3.8, 4) is 0 Å². The molecule has 0 heterocycles. The molecule has 108 valence electrons. The van der Waals surface area contributed by atoms with Crippen molar-refractivity contribution in [3.63, 3.8) is 0 Å².